The Morgan fingerprint density at radius 1 is 1.06 bits per heavy atom. The lowest BCUT2D eigenvalue weighted by molar-refractivity contribution is -0.0514. The summed E-state index contributed by atoms with van der Waals surface area (Å²) >= 11 is 0. The molecule has 0 fully saturated rings. The van der Waals surface area contributed by atoms with Gasteiger partial charge in [0.1, 0.15) is 0 Å². The Labute approximate surface area is 187 Å². The smallest absolute Gasteiger partial charge is 0.387 e. The average molecular weight is 471 g/mol. The van der Waals surface area contributed by atoms with Gasteiger partial charge in [0, 0.05) is 24.3 Å². The maximum absolute atomic E-state index is 12.9. The number of halogens is 2. The molecule has 0 aliphatic carbocycles. The van der Waals surface area contributed by atoms with Gasteiger partial charge in [-0.05, 0) is 62.2 Å². The highest BCUT2D eigenvalue weighted by Crippen LogP contribution is 2.31. The molecule has 1 N–H and O–H groups in total. The highest BCUT2D eigenvalue weighted by atomic mass is 32.2. The first-order valence-corrected chi connectivity index (χ1v) is 11.6. The lowest BCUT2D eigenvalue weighted by Crippen LogP contribution is -2.30. The van der Waals surface area contributed by atoms with E-state index in [4.69, 9.17) is 4.74 Å². The average Bonchev–Trinajstić information content (AvgIpc) is 2.72. The van der Waals surface area contributed by atoms with Crippen molar-refractivity contribution in [2.75, 3.05) is 25.0 Å². The summed E-state index contributed by atoms with van der Waals surface area (Å²) in [7, 11) is -3.72. The van der Waals surface area contributed by atoms with Crippen molar-refractivity contribution in [2.24, 2.45) is 0 Å². The van der Waals surface area contributed by atoms with Crippen LogP contribution in [0.4, 0.5) is 14.5 Å². The molecule has 0 radical (unpaired) electrons. The van der Waals surface area contributed by atoms with E-state index in [0.717, 1.165) is 0 Å². The fourth-order valence-corrected chi connectivity index (χ4v) is 4.69. The number of hydrogen-bond donors (Lipinski definition) is 1. The molecule has 0 atom stereocenters. The van der Waals surface area contributed by atoms with Crippen molar-refractivity contribution in [1.82, 2.24) is 4.31 Å². The Morgan fingerprint density at radius 2 is 1.72 bits per heavy atom. The second-order valence-electron chi connectivity index (χ2n) is 6.93. The summed E-state index contributed by atoms with van der Waals surface area (Å²) < 4.78 is 62.1. The predicted molar refractivity (Wildman–Crippen MR) is 118 cm³/mol. The number of aryl methyl sites for hydroxylation is 1. The molecule has 7 nitrogen and oxygen atoms in total. The molecule has 0 aromatic heterocycles. The first kappa shape index (κ1) is 25.5. The van der Waals surface area contributed by atoms with Gasteiger partial charge in [-0.2, -0.15) is 13.1 Å². The van der Waals surface area contributed by atoms with Gasteiger partial charge in [0.25, 0.3) is 5.91 Å². The molecule has 32 heavy (non-hydrogen) atoms. The molecule has 0 saturated carbocycles. The van der Waals surface area contributed by atoms with E-state index in [2.05, 4.69) is 10.1 Å². The summed E-state index contributed by atoms with van der Waals surface area (Å²) in [6.07, 6.45) is 0. The van der Waals surface area contributed by atoms with E-state index in [9.17, 15) is 22.0 Å². The molecule has 2 rings (SSSR count). The number of carbonyl (C=O) groups is 1. The SMILES string of the molecule is CCOc1cc(C(=O)Nc2cc(S(=O)(=O)N(CC)CC)cc(C)c2C)ccc1OC(F)F. The van der Waals surface area contributed by atoms with Crippen molar-refractivity contribution in [3.05, 3.63) is 47.0 Å². The van der Waals surface area contributed by atoms with E-state index in [1.807, 2.05) is 0 Å². The summed E-state index contributed by atoms with van der Waals surface area (Å²) in [5, 5.41) is 2.72. The van der Waals surface area contributed by atoms with Crippen LogP contribution >= 0.6 is 0 Å². The molecular formula is C22H28F2N2O5S. The molecule has 0 bridgehead atoms. The monoisotopic (exact) mass is 470 g/mol. The molecule has 0 heterocycles. The zero-order valence-corrected chi connectivity index (χ0v) is 19.6. The first-order valence-electron chi connectivity index (χ1n) is 10.2. The van der Waals surface area contributed by atoms with Gasteiger partial charge in [0.15, 0.2) is 11.5 Å². The predicted octanol–water partition coefficient (Wildman–Crippen LogP) is 4.59. The summed E-state index contributed by atoms with van der Waals surface area (Å²) in [6, 6.07) is 6.85. The minimum absolute atomic E-state index is 0.00575. The number of rotatable bonds is 10. The highest BCUT2D eigenvalue weighted by Gasteiger charge is 2.24. The number of amides is 1. The van der Waals surface area contributed by atoms with E-state index in [1.54, 1.807) is 40.7 Å². The minimum atomic E-state index is -3.72. The van der Waals surface area contributed by atoms with Crippen molar-refractivity contribution >= 4 is 21.6 Å². The van der Waals surface area contributed by atoms with Crippen molar-refractivity contribution in [1.29, 1.82) is 0 Å². The standard InChI is InChI=1S/C22H28F2N2O5S/c1-6-26(7-2)32(28,29)17-11-14(4)15(5)18(13-17)25-21(27)16-9-10-19(31-22(23)24)20(12-16)30-8-3/h9-13,22H,6-8H2,1-5H3,(H,25,27). The number of alkyl halides is 2. The van der Waals surface area contributed by atoms with E-state index < -0.39 is 22.5 Å². The van der Waals surface area contributed by atoms with Gasteiger partial charge in [-0.15, -0.1) is 0 Å². The Morgan fingerprint density at radius 3 is 2.28 bits per heavy atom. The third kappa shape index (κ3) is 5.74. The second-order valence-corrected chi connectivity index (χ2v) is 8.87. The molecule has 10 heteroatoms. The topological polar surface area (TPSA) is 84.9 Å². The molecule has 0 unspecified atom stereocenters. The molecule has 0 aliphatic rings. The van der Waals surface area contributed by atoms with Crippen LogP contribution in [0.15, 0.2) is 35.2 Å². The van der Waals surface area contributed by atoms with Crippen LogP contribution in [0, 0.1) is 13.8 Å². The van der Waals surface area contributed by atoms with Gasteiger partial charge in [-0.1, -0.05) is 13.8 Å². The van der Waals surface area contributed by atoms with E-state index in [-0.39, 0.29) is 28.6 Å². The Balaban J connectivity index is 2.41. The maximum Gasteiger partial charge on any atom is 0.387 e. The van der Waals surface area contributed by atoms with Crippen LogP contribution in [0.1, 0.15) is 42.3 Å². The van der Waals surface area contributed by atoms with E-state index in [1.165, 1.54) is 28.6 Å². The van der Waals surface area contributed by atoms with Crippen molar-refractivity contribution in [3.8, 4) is 11.5 Å². The first-order chi connectivity index (χ1) is 15.0. The lowest BCUT2D eigenvalue weighted by Gasteiger charge is -2.20. The highest BCUT2D eigenvalue weighted by molar-refractivity contribution is 7.89. The number of nitrogens with zero attached hydrogens (tertiary/aromatic N) is 1. The molecule has 0 saturated heterocycles. The van der Waals surface area contributed by atoms with Crippen LogP contribution in [0.25, 0.3) is 0 Å². The number of benzene rings is 2. The van der Waals surface area contributed by atoms with Gasteiger partial charge in [-0.3, -0.25) is 4.79 Å². The quantitative estimate of drug-likeness (QED) is 0.549. The van der Waals surface area contributed by atoms with Crippen LogP contribution in [-0.4, -0.2) is 44.9 Å². The van der Waals surface area contributed by atoms with Crippen LogP contribution in [0.2, 0.25) is 0 Å². The van der Waals surface area contributed by atoms with Crippen molar-refractivity contribution in [2.45, 2.75) is 46.1 Å². The van der Waals surface area contributed by atoms with Crippen molar-refractivity contribution < 1.29 is 31.5 Å². The molecule has 1 amide bonds. The van der Waals surface area contributed by atoms with Gasteiger partial charge in [-0.25, -0.2) is 8.42 Å². The number of nitrogens with one attached hydrogen (secondary N) is 1. The van der Waals surface area contributed by atoms with Gasteiger partial charge in [0.05, 0.1) is 11.5 Å². The minimum Gasteiger partial charge on any atom is -0.490 e. The Kier molecular flexibility index (Phi) is 8.57. The summed E-state index contributed by atoms with van der Waals surface area (Å²) in [5.74, 6) is -0.724. The number of ether oxygens (including phenoxy) is 2. The summed E-state index contributed by atoms with van der Waals surface area (Å²) in [4.78, 5) is 12.9. The lowest BCUT2D eigenvalue weighted by atomic mass is 10.1. The van der Waals surface area contributed by atoms with Crippen LogP contribution < -0.4 is 14.8 Å². The summed E-state index contributed by atoms with van der Waals surface area (Å²) in [6.45, 7) is 6.50. The molecule has 176 valence electrons. The zero-order chi connectivity index (χ0) is 24.1. The van der Waals surface area contributed by atoms with Crippen LogP contribution in [0.5, 0.6) is 11.5 Å². The molecule has 2 aromatic rings. The molecule has 0 aliphatic heterocycles. The Bertz CT molecular complexity index is 1070. The second kappa shape index (κ2) is 10.7. The largest absolute Gasteiger partial charge is 0.490 e. The normalized spacial score (nSPS) is 11.7. The molecule has 0 spiro atoms. The molecular weight excluding hydrogens is 442 g/mol. The van der Waals surface area contributed by atoms with Crippen molar-refractivity contribution in [3.63, 3.8) is 0 Å². The van der Waals surface area contributed by atoms with Gasteiger partial charge in [0.2, 0.25) is 10.0 Å². The number of sulfonamides is 1. The zero-order valence-electron chi connectivity index (χ0n) is 18.7. The third-order valence-corrected chi connectivity index (χ3v) is 6.98. The van der Waals surface area contributed by atoms with Gasteiger partial charge < -0.3 is 14.8 Å². The van der Waals surface area contributed by atoms with Gasteiger partial charge >= 0.3 is 6.61 Å². The number of carbonyl (C=O) groups excluding carboxylic acids is 1. The van der Waals surface area contributed by atoms with E-state index >= 15 is 0 Å². The number of anilines is 1. The maximum atomic E-state index is 12.9. The number of hydrogen-bond acceptors (Lipinski definition) is 5. The van der Waals surface area contributed by atoms with Crippen LogP contribution in [-0.2, 0) is 10.0 Å². The fourth-order valence-electron chi connectivity index (χ4n) is 3.12. The van der Waals surface area contributed by atoms with E-state index in [0.29, 0.717) is 29.9 Å². The fraction of sp³-hybridized carbons (Fsp3) is 0.409. The summed E-state index contributed by atoms with van der Waals surface area (Å²) in [5.41, 5.74) is 1.89. The Hall–Kier alpha value is -2.72. The van der Waals surface area contributed by atoms with Crippen LogP contribution in [0.3, 0.4) is 0 Å². The molecule has 2 aromatic carbocycles. The third-order valence-electron chi connectivity index (χ3n) is 4.95.